The highest BCUT2D eigenvalue weighted by Gasteiger charge is 2.43. The van der Waals surface area contributed by atoms with E-state index in [1.165, 1.54) is 24.4 Å². The molecule has 0 bridgehead atoms. The fourth-order valence-electron chi connectivity index (χ4n) is 2.05. The number of carbonyl (C=O) groups is 2. The highest BCUT2D eigenvalue weighted by Crippen LogP contribution is 2.35. The number of aliphatic carboxylic acids is 1. The Balaban J connectivity index is 2.06. The van der Waals surface area contributed by atoms with E-state index in [1.54, 1.807) is 6.92 Å². The van der Waals surface area contributed by atoms with Gasteiger partial charge in [-0.25, -0.2) is 4.68 Å². The molecule has 0 aliphatic carbocycles. The van der Waals surface area contributed by atoms with Crippen molar-refractivity contribution in [2.24, 2.45) is 0 Å². The Morgan fingerprint density at radius 3 is 2.76 bits per heavy atom. The maximum atomic E-state index is 14.4. The first kappa shape index (κ1) is 18.3. The quantitative estimate of drug-likeness (QED) is 0.737. The van der Waals surface area contributed by atoms with Crippen molar-refractivity contribution in [3.05, 3.63) is 41.7 Å². The number of carboxylic acids is 1. The van der Waals surface area contributed by atoms with E-state index in [0.29, 0.717) is 0 Å². The number of para-hydroxylation sites is 1. The molecule has 0 saturated carbocycles. The molecule has 2 N–H and O–H groups in total. The van der Waals surface area contributed by atoms with Gasteiger partial charge in [0.05, 0.1) is 24.9 Å². The van der Waals surface area contributed by atoms with E-state index in [-0.39, 0.29) is 24.6 Å². The van der Waals surface area contributed by atoms with Gasteiger partial charge < -0.3 is 15.2 Å². The van der Waals surface area contributed by atoms with Crippen molar-refractivity contribution < 1.29 is 28.2 Å². The number of amides is 1. The second kappa shape index (κ2) is 7.69. The van der Waals surface area contributed by atoms with Crippen molar-refractivity contribution in [2.75, 3.05) is 6.61 Å². The predicted octanol–water partition coefficient (Wildman–Crippen LogP) is 1.17. The minimum atomic E-state index is -3.80. The molecule has 2 aromatic rings. The second-order valence-electron chi connectivity index (χ2n) is 4.99. The molecule has 0 unspecified atom stereocenters. The molecule has 0 aliphatic rings. The number of benzene rings is 1. The zero-order valence-electron chi connectivity index (χ0n) is 13.3. The Morgan fingerprint density at radius 1 is 1.36 bits per heavy atom. The van der Waals surface area contributed by atoms with Crippen molar-refractivity contribution in [3.63, 3.8) is 0 Å². The Labute approximate surface area is 141 Å². The topological polar surface area (TPSA) is 106 Å². The van der Waals surface area contributed by atoms with E-state index in [4.69, 9.17) is 9.84 Å². The maximum Gasteiger partial charge on any atom is 0.353 e. The first-order valence-electron chi connectivity index (χ1n) is 7.33. The molecule has 8 nitrogen and oxygen atoms in total. The van der Waals surface area contributed by atoms with Crippen LogP contribution < -0.4 is 10.1 Å². The molecule has 0 saturated heterocycles. The third kappa shape index (κ3) is 4.49. The van der Waals surface area contributed by atoms with Gasteiger partial charge in [-0.3, -0.25) is 9.59 Å². The monoisotopic (exact) mass is 354 g/mol. The molecule has 0 fully saturated rings. The number of nitrogens with zero attached hydrogens (tertiary/aromatic N) is 3. The summed E-state index contributed by atoms with van der Waals surface area (Å²) in [4.78, 5) is 22.5. The lowest BCUT2D eigenvalue weighted by Gasteiger charge is -2.19. The van der Waals surface area contributed by atoms with Crippen LogP contribution >= 0.6 is 0 Å². The standard InChI is InChI=1S/C15H16F2N4O4/c1-2-25-12-6-4-3-5-11(12)15(16,17)14(24)18-7-10-8-21(20-19-10)9-13(22)23/h3-6,8H,2,7,9H2,1H3,(H,18,24)(H,22,23). The lowest BCUT2D eigenvalue weighted by Crippen LogP contribution is -2.38. The van der Waals surface area contributed by atoms with Gasteiger partial charge in [0.25, 0.3) is 5.91 Å². The number of halogens is 2. The largest absolute Gasteiger partial charge is 0.493 e. The Morgan fingerprint density at radius 2 is 2.08 bits per heavy atom. The van der Waals surface area contributed by atoms with Crippen molar-refractivity contribution in [3.8, 4) is 5.75 Å². The third-order valence-electron chi connectivity index (χ3n) is 3.12. The summed E-state index contributed by atoms with van der Waals surface area (Å²) in [6.07, 6.45) is 1.25. The minimum absolute atomic E-state index is 0.0717. The Hall–Kier alpha value is -3.04. The van der Waals surface area contributed by atoms with Crippen LogP contribution in [0.5, 0.6) is 5.75 Å². The number of hydrogen-bond acceptors (Lipinski definition) is 5. The smallest absolute Gasteiger partial charge is 0.353 e. The van der Waals surface area contributed by atoms with Crippen LogP contribution in [0.2, 0.25) is 0 Å². The molecule has 25 heavy (non-hydrogen) atoms. The summed E-state index contributed by atoms with van der Waals surface area (Å²) in [7, 11) is 0. The summed E-state index contributed by atoms with van der Waals surface area (Å²) in [6.45, 7) is 1.10. The predicted molar refractivity (Wildman–Crippen MR) is 81.0 cm³/mol. The van der Waals surface area contributed by atoms with Gasteiger partial charge in [-0.2, -0.15) is 8.78 Å². The van der Waals surface area contributed by atoms with Crippen LogP contribution in [0.4, 0.5) is 8.78 Å². The molecule has 2 rings (SSSR count). The highest BCUT2D eigenvalue weighted by atomic mass is 19.3. The van der Waals surface area contributed by atoms with Crippen molar-refractivity contribution >= 4 is 11.9 Å². The van der Waals surface area contributed by atoms with Gasteiger partial charge in [0.2, 0.25) is 0 Å². The SMILES string of the molecule is CCOc1ccccc1C(F)(F)C(=O)NCc1cn(CC(=O)O)nn1. The number of carboxylic acid groups (broad SMARTS) is 1. The number of nitrogens with one attached hydrogen (secondary N) is 1. The van der Waals surface area contributed by atoms with Gasteiger partial charge >= 0.3 is 11.9 Å². The molecule has 134 valence electrons. The van der Waals surface area contributed by atoms with Crippen LogP contribution in [-0.2, 0) is 28.6 Å². The number of carbonyl (C=O) groups excluding carboxylic acids is 1. The summed E-state index contributed by atoms with van der Waals surface area (Å²) < 4.78 is 35.0. The van der Waals surface area contributed by atoms with Gasteiger partial charge in [0.15, 0.2) is 0 Å². The minimum Gasteiger partial charge on any atom is -0.493 e. The maximum absolute atomic E-state index is 14.4. The fourth-order valence-corrected chi connectivity index (χ4v) is 2.05. The van der Waals surface area contributed by atoms with Crippen molar-refractivity contribution in [2.45, 2.75) is 25.9 Å². The summed E-state index contributed by atoms with van der Waals surface area (Å²) in [6, 6.07) is 5.39. The summed E-state index contributed by atoms with van der Waals surface area (Å²) >= 11 is 0. The van der Waals surface area contributed by atoms with Gasteiger partial charge in [0, 0.05) is 0 Å². The Kier molecular flexibility index (Phi) is 5.63. The molecule has 10 heteroatoms. The molecule has 1 heterocycles. The zero-order chi connectivity index (χ0) is 18.4. The number of rotatable bonds is 8. The van der Waals surface area contributed by atoms with E-state index in [1.807, 2.05) is 0 Å². The van der Waals surface area contributed by atoms with Gasteiger partial charge in [-0.05, 0) is 19.1 Å². The second-order valence-corrected chi connectivity index (χ2v) is 4.99. The molecule has 0 radical (unpaired) electrons. The van der Waals surface area contributed by atoms with Crippen LogP contribution in [0.1, 0.15) is 18.2 Å². The van der Waals surface area contributed by atoms with Crippen LogP contribution in [0.25, 0.3) is 0 Å². The molecule has 0 aliphatic heterocycles. The van der Waals surface area contributed by atoms with E-state index in [9.17, 15) is 18.4 Å². The number of ether oxygens (including phenoxy) is 1. The molecular weight excluding hydrogens is 338 g/mol. The third-order valence-corrected chi connectivity index (χ3v) is 3.12. The van der Waals surface area contributed by atoms with Crippen molar-refractivity contribution in [1.82, 2.24) is 20.3 Å². The van der Waals surface area contributed by atoms with Crippen LogP contribution in [0.3, 0.4) is 0 Å². The zero-order valence-corrected chi connectivity index (χ0v) is 13.3. The van der Waals surface area contributed by atoms with Gasteiger partial charge in [0.1, 0.15) is 18.0 Å². The molecule has 0 atom stereocenters. The molecule has 0 spiro atoms. The van der Waals surface area contributed by atoms with E-state index >= 15 is 0 Å². The van der Waals surface area contributed by atoms with Crippen LogP contribution in [0, 0.1) is 0 Å². The summed E-state index contributed by atoms with van der Waals surface area (Å²) in [5.74, 6) is -6.52. The van der Waals surface area contributed by atoms with E-state index in [0.717, 1.165) is 10.7 Å². The first-order chi connectivity index (χ1) is 11.8. The average Bonchev–Trinajstić information content (AvgIpc) is 3.00. The average molecular weight is 354 g/mol. The number of hydrogen-bond donors (Lipinski definition) is 2. The molecule has 1 amide bonds. The lowest BCUT2D eigenvalue weighted by atomic mass is 10.1. The summed E-state index contributed by atoms with van der Waals surface area (Å²) in [5, 5.41) is 17.8. The molecule has 1 aromatic carbocycles. The first-order valence-corrected chi connectivity index (χ1v) is 7.33. The summed E-state index contributed by atoms with van der Waals surface area (Å²) in [5.41, 5.74) is -0.382. The van der Waals surface area contributed by atoms with Crippen LogP contribution in [0.15, 0.2) is 30.5 Å². The van der Waals surface area contributed by atoms with E-state index in [2.05, 4.69) is 15.6 Å². The lowest BCUT2D eigenvalue weighted by molar-refractivity contribution is -0.147. The van der Waals surface area contributed by atoms with Crippen LogP contribution in [-0.4, -0.2) is 38.6 Å². The van der Waals surface area contributed by atoms with Crippen molar-refractivity contribution in [1.29, 1.82) is 0 Å². The number of alkyl halides is 2. The van der Waals surface area contributed by atoms with Gasteiger partial charge in [-0.1, -0.05) is 17.3 Å². The Bertz CT molecular complexity index is 763. The molecule has 1 aromatic heterocycles. The van der Waals surface area contributed by atoms with Gasteiger partial charge in [-0.15, -0.1) is 5.10 Å². The highest BCUT2D eigenvalue weighted by molar-refractivity contribution is 5.85. The normalized spacial score (nSPS) is 11.2. The fraction of sp³-hybridized carbons (Fsp3) is 0.333. The number of aromatic nitrogens is 3. The molecular formula is C15H16F2N4O4. The van der Waals surface area contributed by atoms with E-state index < -0.39 is 29.9 Å².